The fourth-order valence-electron chi connectivity index (χ4n) is 3.87. The molecule has 5 aromatic rings. The molecule has 0 aliphatic carbocycles. The van der Waals surface area contributed by atoms with Gasteiger partial charge in [0.15, 0.2) is 0 Å². The predicted molar refractivity (Wildman–Crippen MR) is 141 cm³/mol. The van der Waals surface area contributed by atoms with E-state index >= 15 is 0 Å². The summed E-state index contributed by atoms with van der Waals surface area (Å²) in [5, 5.41) is 18.3. The number of hydrogen-bond acceptors (Lipinski definition) is 5. The van der Waals surface area contributed by atoms with Crippen LogP contribution in [-0.4, -0.2) is 23.2 Å². The van der Waals surface area contributed by atoms with Crippen LogP contribution in [0.2, 0.25) is 5.02 Å². The third-order valence-corrected chi connectivity index (χ3v) is 5.93. The van der Waals surface area contributed by atoms with Crippen molar-refractivity contribution >= 4 is 51.2 Å². The van der Waals surface area contributed by atoms with Crippen LogP contribution in [0.5, 0.6) is 11.5 Å². The lowest BCUT2D eigenvalue weighted by Gasteiger charge is -2.11. The summed E-state index contributed by atoms with van der Waals surface area (Å²) < 4.78 is 5.66. The number of nitrogens with zero attached hydrogens (tertiary/aromatic N) is 1. The number of benzene rings is 5. The second-order valence-corrected chi connectivity index (χ2v) is 8.45. The standard InChI is InChI=1S/C29H19ClN2O4/c30-22-12-9-19(10-13-22)29(35)36-27-14-11-18-5-3-4-8-23(18)25(27)17-31-32-28(34)24-15-20-6-1-2-7-21(20)16-26(24)33/h1-17,33H,(H,32,34). The number of carbonyl (C=O) groups is 2. The van der Waals surface area contributed by atoms with Gasteiger partial charge in [0.25, 0.3) is 5.91 Å². The Hall–Kier alpha value is -4.68. The van der Waals surface area contributed by atoms with Gasteiger partial charge in [0.2, 0.25) is 0 Å². The van der Waals surface area contributed by atoms with E-state index in [4.69, 9.17) is 16.3 Å². The molecule has 5 rings (SSSR count). The number of nitrogens with one attached hydrogen (secondary N) is 1. The van der Waals surface area contributed by atoms with Gasteiger partial charge in [-0.2, -0.15) is 5.10 Å². The number of halogens is 1. The Labute approximate surface area is 211 Å². The lowest BCUT2D eigenvalue weighted by atomic mass is 10.0. The summed E-state index contributed by atoms with van der Waals surface area (Å²) in [7, 11) is 0. The zero-order chi connectivity index (χ0) is 25.1. The van der Waals surface area contributed by atoms with E-state index in [-0.39, 0.29) is 17.1 Å². The summed E-state index contributed by atoms with van der Waals surface area (Å²) in [5.41, 5.74) is 3.40. The quantitative estimate of drug-likeness (QED) is 0.129. The molecule has 7 heteroatoms. The van der Waals surface area contributed by atoms with E-state index in [2.05, 4.69) is 10.5 Å². The van der Waals surface area contributed by atoms with E-state index in [1.54, 1.807) is 36.4 Å². The van der Waals surface area contributed by atoms with Crippen LogP contribution >= 0.6 is 11.6 Å². The van der Waals surface area contributed by atoms with Crippen molar-refractivity contribution in [1.82, 2.24) is 5.43 Å². The van der Waals surface area contributed by atoms with Gasteiger partial charge in [0, 0.05) is 10.6 Å². The number of aromatic hydroxyl groups is 1. The molecule has 0 saturated heterocycles. The topological polar surface area (TPSA) is 88.0 Å². The number of rotatable bonds is 5. The van der Waals surface area contributed by atoms with Crippen LogP contribution in [0, 0.1) is 0 Å². The number of amides is 1. The van der Waals surface area contributed by atoms with Gasteiger partial charge in [-0.1, -0.05) is 66.2 Å². The number of hydrazone groups is 1. The van der Waals surface area contributed by atoms with Gasteiger partial charge in [-0.05, 0) is 64.0 Å². The number of carbonyl (C=O) groups excluding carboxylic acids is 2. The molecule has 1 amide bonds. The zero-order valence-corrected chi connectivity index (χ0v) is 19.6. The predicted octanol–water partition coefficient (Wildman–Crippen LogP) is 6.34. The molecule has 0 bridgehead atoms. The maximum atomic E-state index is 12.8. The number of fused-ring (bicyclic) bond motifs is 2. The first-order valence-corrected chi connectivity index (χ1v) is 11.4. The van der Waals surface area contributed by atoms with Gasteiger partial charge in [-0.15, -0.1) is 0 Å². The Morgan fingerprint density at radius 1 is 0.833 bits per heavy atom. The van der Waals surface area contributed by atoms with Gasteiger partial charge >= 0.3 is 5.97 Å². The molecule has 0 aliphatic heterocycles. The van der Waals surface area contributed by atoms with Crippen molar-refractivity contribution in [1.29, 1.82) is 0 Å². The highest BCUT2D eigenvalue weighted by Gasteiger charge is 2.15. The Morgan fingerprint density at radius 2 is 1.50 bits per heavy atom. The number of esters is 1. The van der Waals surface area contributed by atoms with Gasteiger partial charge in [-0.25, -0.2) is 10.2 Å². The third-order valence-electron chi connectivity index (χ3n) is 5.68. The van der Waals surface area contributed by atoms with E-state index in [0.29, 0.717) is 16.1 Å². The minimum atomic E-state index is -0.575. The molecule has 0 unspecified atom stereocenters. The van der Waals surface area contributed by atoms with Crippen LogP contribution in [0.25, 0.3) is 21.5 Å². The molecule has 0 fully saturated rings. The van der Waals surface area contributed by atoms with Crippen LogP contribution in [0.15, 0.2) is 102 Å². The SMILES string of the molecule is O=C(Oc1ccc2ccccc2c1C=NNC(=O)c1cc2ccccc2cc1O)c1ccc(Cl)cc1. The molecule has 0 heterocycles. The maximum Gasteiger partial charge on any atom is 0.343 e. The Morgan fingerprint density at radius 3 is 2.25 bits per heavy atom. The minimum Gasteiger partial charge on any atom is -0.507 e. The highest BCUT2D eigenvalue weighted by molar-refractivity contribution is 6.30. The lowest BCUT2D eigenvalue weighted by Crippen LogP contribution is -2.18. The Balaban J connectivity index is 1.44. The number of phenols is 1. The minimum absolute atomic E-state index is 0.0955. The highest BCUT2D eigenvalue weighted by atomic mass is 35.5. The van der Waals surface area contributed by atoms with Crippen LogP contribution in [-0.2, 0) is 0 Å². The molecule has 0 aliphatic rings. The molecular weight excluding hydrogens is 476 g/mol. The van der Waals surface area contributed by atoms with Crippen molar-refractivity contribution < 1.29 is 19.4 Å². The number of ether oxygens (including phenoxy) is 1. The first-order chi connectivity index (χ1) is 17.5. The summed E-state index contributed by atoms with van der Waals surface area (Å²) >= 11 is 5.91. The van der Waals surface area contributed by atoms with Crippen molar-refractivity contribution in [2.45, 2.75) is 0 Å². The molecule has 0 atom stereocenters. The monoisotopic (exact) mass is 494 g/mol. The molecule has 0 radical (unpaired) electrons. The van der Waals surface area contributed by atoms with E-state index < -0.39 is 11.9 Å². The lowest BCUT2D eigenvalue weighted by molar-refractivity contribution is 0.0734. The average Bonchev–Trinajstić information content (AvgIpc) is 2.89. The van der Waals surface area contributed by atoms with Crippen LogP contribution < -0.4 is 10.2 Å². The Kier molecular flexibility index (Phi) is 6.34. The molecule has 0 saturated carbocycles. The van der Waals surface area contributed by atoms with Crippen LogP contribution in [0.4, 0.5) is 0 Å². The molecule has 0 spiro atoms. The van der Waals surface area contributed by atoms with Crippen LogP contribution in [0.3, 0.4) is 0 Å². The van der Waals surface area contributed by atoms with Crippen molar-refractivity contribution in [2.75, 3.05) is 0 Å². The van der Waals surface area contributed by atoms with E-state index in [1.807, 2.05) is 54.6 Å². The molecular formula is C29H19ClN2O4. The molecule has 36 heavy (non-hydrogen) atoms. The van der Waals surface area contributed by atoms with Crippen molar-refractivity contribution in [3.05, 3.63) is 119 Å². The molecule has 176 valence electrons. The van der Waals surface area contributed by atoms with Gasteiger partial charge in [-0.3, -0.25) is 4.79 Å². The zero-order valence-electron chi connectivity index (χ0n) is 18.8. The first-order valence-electron chi connectivity index (χ1n) is 11.0. The largest absolute Gasteiger partial charge is 0.507 e. The van der Waals surface area contributed by atoms with E-state index in [0.717, 1.165) is 21.5 Å². The maximum absolute atomic E-state index is 12.8. The van der Waals surface area contributed by atoms with Crippen molar-refractivity contribution in [3.8, 4) is 11.5 Å². The van der Waals surface area contributed by atoms with E-state index in [9.17, 15) is 14.7 Å². The second-order valence-electron chi connectivity index (χ2n) is 8.01. The Bertz CT molecular complexity index is 1650. The molecule has 5 aromatic carbocycles. The summed E-state index contributed by atoms with van der Waals surface area (Å²) in [4.78, 5) is 25.5. The summed E-state index contributed by atoms with van der Waals surface area (Å²) in [5.74, 6) is -1.000. The normalized spacial score (nSPS) is 11.1. The van der Waals surface area contributed by atoms with Crippen molar-refractivity contribution in [3.63, 3.8) is 0 Å². The summed E-state index contributed by atoms with van der Waals surface area (Å²) in [6.07, 6.45) is 1.42. The molecule has 6 nitrogen and oxygen atoms in total. The van der Waals surface area contributed by atoms with Crippen LogP contribution in [0.1, 0.15) is 26.3 Å². The van der Waals surface area contributed by atoms with Gasteiger partial charge in [0.1, 0.15) is 11.5 Å². The van der Waals surface area contributed by atoms with E-state index in [1.165, 1.54) is 12.3 Å². The first kappa shape index (κ1) is 23.1. The summed E-state index contributed by atoms with van der Waals surface area (Å²) in [6.45, 7) is 0. The fraction of sp³-hybridized carbons (Fsp3) is 0. The summed E-state index contributed by atoms with van der Waals surface area (Å²) in [6, 6.07) is 28.0. The number of phenolic OH excluding ortho intramolecular Hbond substituents is 1. The molecule has 2 N–H and O–H groups in total. The second kappa shape index (κ2) is 9.90. The highest BCUT2D eigenvalue weighted by Crippen LogP contribution is 2.28. The van der Waals surface area contributed by atoms with Gasteiger partial charge < -0.3 is 9.84 Å². The number of hydrogen-bond donors (Lipinski definition) is 2. The molecule has 0 aromatic heterocycles. The third kappa shape index (κ3) is 4.76. The van der Waals surface area contributed by atoms with Gasteiger partial charge in [0.05, 0.1) is 17.3 Å². The smallest absolute Gasteiger partial charge is 0.343 e. The van der Waals surface area contributed by atoms with Crippen molar-refractivity contribution in [2.24, 2.45) is 5.10 Å². The average molecular weight is 495 g/mol. The fourth-order valence-corrected chi connectivity index (χ4v) is 3.99.